The largest absolute Gasteiger partial charge is 0.376 e. The summed E-state index contributed by atoms with van der Waals surface area (Å²) in [4.78, 5) is 20.5. The normalized spacial score (nSPS) is 16.8. The zero-order valence-electron chi connectivity index (χ0n) is 13.4. The molecule has 1 saturated heterocycles. The molecule has 1 aromatic heterocycles. The summed E-state index contributed by atoms with van der Waals surface area (Å²) in [6.45, 7) is 3.31. The number of carbonyl (C=O) groups is 1. The van der Waals surface area contributed by atoms with Gasteiger partial charge in [-0.2, -0.15) is 0 Å². The molecule has 1 aliphatic rings. The van der Waals surface area contributed by atoms with E-state index in [0.717, 1.165) is 35.2 Å². The van der Waals surface area contributed by atoms with Crippen molar-refractivity contribution in [2.24, 2.45) is 0 Å². The fourth-order valence-electron chi connectivity index (χ4n) is 2.47. The van der Waals surface area contributed by atoms with Gasteiger partial charge in [0.25, 0.3) is 5.91 Å². The van der Waals surface area contributed by atoms with Crippen molar-refractivity contribution < 1.29 is 9.53 Å². The molecule has 7 heteroatoms. The van der Waals surface area contributed by atoms with Crippen molar-refractivity contribution in [1.29, 1.82) is 0 Å². The molecule has 2 heterocycles. The number of rotatable bonds is 5. The molecule has 1 fully saturated rings. The second kappa shape index (κ2) is 7.72. The third-order valence-electron chi connectivity index (χ3n) is 3.79. The average Bonchev–Trinajstić information content (AvgIpc) is 3.09. The van der Waals surface area contributed by atoms with Gasteiger partial charge in [0, 0.05) is 17.6 Å². The quantitative estimate of drug-likeness (QED) is 0.819. The van der Waals surface area contributed by atoms with Crippen molar-refractivity contribution in [2.75, 3.05) is 18.5 Å². The molecule has 24 heavy (non-hydrogen) atoms. The first kappa shape index (κ1) is 16.9. The minimum absolute atomic E-state index is 0.113. The number of aromatic nitrogens is 2. The van der Waals surface area contributed by atoms with Crippen LogP contribution in [0.1, 0.15) is 28.9 Å². The van der Waals surface area contributed by atoms with Gasteiger partial charge in [-0.3, -0.25) is 4.79 Å². The van der Waals surface area contributed by atoms with Gasteiger partial charge in [-0.1, -0.05) is 6.07 Å². The Kier molecular flexibility index (Phi) is 5.42. The molecule has 2 aromatic rings. The van der Waals surface area contributed by atoms with E-state index in [1.54, 1.807) is 6.20 Å². The van der Waals surface area contributed by atoms with Gasteiger partial charge in [0.05, 0.1) is 24.2 Å². The highest BCUT2D eigenvalue weighted by atomic mass is 79.9. The highest BCUT2D eigenvalue weighted by Crippen LogP contribution is 2.25. The van der Waals surface area contributed by atoms with Crippen LogP contribution in [0.2, 0.25) is 0 Å². The molecule has 1 amide bonds. The molecule has 126 valence electrons. The van der Waals surface area contributed by atoms with E-state index in [1.807, 2.05) is 25.1 Å². The second-order valence-electron chi connectivity index (χ2n) is 5.74. The van der Waals surface area contributed by atoms with Crippen molar-refractivity contribution in [2.45, 2.75) is 25.9 Å². The Labute approximate surface area is 149 Å². The van der Waals surface area contributed by atoms with E-state index in [2.05, 4.69) is 36.5 Å². The van der Waals surface area contributed by atoms with Gasteiger partial charge in [-0.05, 0) is 53.4 Å². The van der Waals surface area contributed by atoms with Crippen LogP contribution >= 0.6 is 15.9 Å². The average molecular weight is 391 g/mol. The number of benzene rings is 1. The Morgan fingerprint density at radius 2 is 2.25 bits per heavy atom. The molecule has 2 N–H and O–H groups in total. The number of halogens is 1. The highest BCUT2D eigenvalue weighted by molar-refractivity contribution is 9.10. The molecule has 1 atom stereocenters. The summed E-state index contributed by atoms with van der Waals surface area (Å²) < 4.78 is 6.43. The Morgan fingerprint density at radius 3 is 2.92 bits per heavy atom. The van der Waals surface area contributed by atoms with Crippen LogP contribution in [0.4, 0.5) is 11.5 Å². The first-order valence-corrected chi connectivity index (χ1v) is 8.66. The van der Waals surface area contributed by atoms with Crippen molar-refractivity contribution in [3.63, 3.8) is 0 Å². The maximum atomic E-state index is 12.1. The van der Waals surface area contributed by atoms with Crippen LogP contribution in [0.15, 0.2) is 35.1 Å². The lowest BCUT2D eigenvalue weighted by molar-refractivity contribution is 0.0853. The topological polar surface area (TPSA) is 76.1 Å². The summed E-state index contributed by atoms with van der Waals surface area (Å²) in [7, 11) is 0. The predicted octanol–water partition coefficient (Wildman–Crippen LogP) is 3.20. The number of amides is 1. The molecule has 0 spiro atoms. The van der Waals surface area contributed by atoms with E-state index in [0.29, 0.717) is 18.1 Å². The molecule has 0 radical (unpaired) electrons. The number of nitrogens with one attached hydrogen (secondary N) is 2. The Hall–Kier alpha value is -1.99. The van der Waals surface area contributed by atoms with Crippen LogP contribution in [0.25, 0.3) is 0 Å². The van der Waals surface area contributed by atoms with Gasteiger partial charge in [0.1, 0.15) is 11.5 Å². The lowest BCUT2D eigenvalue weighted by atomic mass is 10.2. The summed E-state index contributed by atoms with van der Waals surface area (Å²) in [6.07, 6.45) is 5.17. The van der Waals surface area contributed by atoms with E-state index < -0.39 is 0 Å². The van der Waals surface area contributed by atoms with Gasteiger partial charge >= 0.3 is 0 Å². The van der Waals surface area contributed by atoms with Crippen molar-refractivity contribution in [1.82, 2.24) is 15.3 Å². The SMILES string of the molecule is Cc1ccc(Nc2cnc(C(=O)NCC3CCCO3)cn2)c(Br)c1. The van der Waals surface area contributed by atoms with Gasteiger partial charge in [0.15, 0.2) is 0 Å². The third kappa shape index (κ3) is 4.30. The zero-order chi connectivity index (χ0) is 16.9. The monoisotopic (exact) mass is 390 g/mol. The Balaban J connectivity index is 1.59. The van der Waals surface area contributed by atoms with Crippen LogP contribution in [0, 0.1) is 6.92 Å². The lowest BCUT2D eigenvalue weighted by Crippen LogP contribution is -2.32. The van der Waals surface area contributed by atoms with Crippen LogP contribution in [-0.2, 0) is 4.74 Å². The summed E-state index contributed by atoms with van der Waals surface area (Å²) in [5.74, 6) is 0.344. The first-order chi connectivity index (χ1) is 11.6. The number of hydrogen-bond acceptors (Lipinski definition) is 5. The molecule has 0 aliphatic carbocycles. The third-order valence-corrected chi connectivity index (χ3v) is 4.44. The molecular formula is C17H19BrN4O2. The van der Waals surface area contributed by atoms with Gasteiger partial charge in [0.2, 0.25) is 0 Å². The summed E-state index contributed by atoms with van der Waals surface area (Å²) >= 11 is 3.51. The van der Waals surface area contributed by atoms with Crippen LogP contribution in [0.5, 0.6) is 0 Å². The molecule has 1 aliphatic heterocycles. The summed E-state index contributed by atoms with van der Waals surface area (Å²) in [5.41, 5.74) is 2.35. The number of hydrogen-bond donors (Lipinski definition) is 2. The van der Waals surface area contributed by atoms with Gasteiger partial charge < -0.3 is 15.4 Å². The molecule has 1 unspecified atom stereocenters. The predicted molar refractivity (Wildman–Crippen MR) is 95.5 cm³/mol. The standard InChI is InChI=1S/C17H19BrN4O2/c1-11-4-5-14(13(18)7-11)22-16-10-19-15(9-20-16)17(23)21-8-12-3-2-6-24-12/h4-5,7,9-10,12H,2-3,6,8H2,1H3,(H,20,22)(H,21,23). The van der Waals surface area contributed by atoms with Crippen LogP contribution < -0.4 is 10.6 Å². The zero-order valence-corrected chi connectivity index (χ0v) is 15.0. The van der Waals surface area contributed by atoms with E-state index in [1.165, 1.54) is 6.20 Å². The lowest BCUT2D eigenvalue weighted by Gasteiger charge is -2.11. The number of ether oxygens (including phenoxy) is 1. The number of aryl methyl sites for hydroxylation is 1. The smallest absolute Gasteiger partial charge is 0.271 e. The van der Waals surface area contributed by atoms with Gasteiger partial charge in [-0.15, -0.1) is 0 Å². The van der Waals surface area contributed by atoms with Crippen molar-refractivity contribution in [3.8, 4) is 0 Å². The van der Waals surface area contributed by atoms with E-state index >= 15 is 0 Å². The van der Waals surface area contributed by atoms with E-state index in [-0.39, 0.29) is 12.0 Å². The number of nitrogens with zero attached hydrogens (tertiary/aromatic N) is 2. The minimum Gasteiger partial charge on any atom is -0.376 e. The van der Waals surface area contributed by atoms with Crippen molar-refractivity contribution >= 4 is 33.3 Å². The highest BCUT2D eigenvalue weighted by Gasteiger charge is 2.17. The maximum absolute atomic E-state index is 12.1. The summed E-state index contributed by atoms with van der Waals surface area (Å²) in [5, 5.41) is 6.00. The first-order valence-electron chi connectivity index (χ1n) is 7.87. The maximum Gasteiger partial charge on any atom is 0.271 e. The molecule has 3 rings (SSSR count). The molecule has 0 saturated carbocycles. The van der Waals surface area contributed by atoms with E-state index in [9.17, 15) is 4.79 Å². The van der Waals surface area contributed by atoms with Crippen LogP contribution in [0.3, 0.4) is 0 Å². The fraction of sp³-hybridized carbons (Fsp3) is 0.353. The van der Waals surface area contributed by atoms with Crippen molar-refractivity contribution in [3.05, 3.63) is 46.3 Å². The Bertz CT molecular complexity index is 715. The molecule has 0 bridgehead atoms. The van der Waals surface area contributed by atoms with E-state index in [4.69, 9.17) is 4.74 Å². The Morgan fingerprint density at radius 1 is 1.38 bits per heavy atom. The van der Waals surface area contributed by atoms with Crippen LogP contribution in [-0.4, -0.2) is 35.1 Å². The molecule has 1 aromatic carbocycles. The number of carbonyl (C=O) groups excluding carboxylic acids is 1. The molecular weight excluding hydrogens is 372 g/mol. The molecule has 6 nitrogen and oxygen atoms in total. The number of anilines is 2. The van der Waals surface area contributed by atoms with Gasteiger partial charge in [-0.25, -0.2) is 9.97 Å². The fourth-order valence-corrected chi connectivity index (χ4v) is 3.06. The second-order valence-corrected chi connectivity index (χ2v) is 6.59. The minimum atomic E-state index is -0.235. The summed E-state index contributed by atoms with van der Waals surface area (Å²) in [6, 6.07) is 5.99.